The van der Waals surface area contributed by atoms with Crippen LogP contribution in [0.3, 0.4) is 0 Å². The number of hydrogen-bond donors (Lipinski definition) is 1. The molecular formula is C21H23N3O4S2. The number of amides is 2. The average Bonchev–Trinajstić information content (AvgIpc) is 3.03. The Balaban J connectivity index is 1.88. The first-order chi connectivity index (χ1) is 14.2. The second kappa shape index (κ2) is 9.13. The number of thioether (sulfide) groups is 1. The van der Waals surface area contributed by atoms with E-state index < -0.39 is 21.2 Å². The third-order valence-electron chi connectivity index (χ3n) is 4.63. The molecule has 0 spiro atoms. The van der Waals surface area contributed by atoms with Crippen molar-refractivity contribution in [3.63, 3.8) is 0 Å². The van der Waals surface area contributed by atoms with Gasteiger partial charge >= 0.3 is 0 Å². The molecule has 0 aromatic heterocycles. The van der Waals surface area contributed by atoms with Crippen molar-refractivity contribution in [3.8, 4) is 11.1 Å². The van der Waals surface area contributed by atoms with Gasteiger partial charge in [-0.1, -0.05) is 36.4 Å². The molecule has 0 unspecified atom stereocenters. The number of carbonyl (C=O) groups is 2. The van der Waals surface area contributed by atoms with Crippen molar-refractivity contribution in [2.75, 3.05) is 34.2 Å². The Morgan fingerprint density at radius 1 is 0.967 bits per heavy atom. The van der Waals surface area contributed by atoms with E-state index in [9.17, 15) is 18.0 Å². The highest BCUT2D eigenvalue weighted by Crippen LogP contribution is 2.31. The minimum absolute atomic E-state index is 0.222. The van der Waals surface area contributed by atoms with Gasteiger partial charge in [0.05, 0.1) is 9.80 Å². The molecule has 0 atom stereocenters. The number of nitrogens with zero attached hydrogens (tertiary/aromatic N) is 2. The van der Waals surface area contributed by atoms with Gasteiger partial charge in [0.1, 0.15) is 0 Å². The van der Waals surface area contributed by atoms with E-state index >= 15 is 0 Å². The summed E-state index contributed by atoms with van der Waals surface area (Å²) < 4.78 is 26.9. The summed E-state index contributed by atoms with van der Waals surface area (Å²) in [6.45, 7) is 1.02. The summed E-state index contributed by atoms with van der Waals surface area (Å²) in [6, 6.07) is 14.1. The van der Waals surface area contributed by atoms with Crippen LogP contribution < -0.4 is 5.32 Å². The fraction of sp³-hybridized carbons (Fsp3) is 0.238. The fourth-order valence-corrected chi connectivity index (χ4v) is 4.73. The minimum atomic E-state index is -3.57. The molecule has 0 aliphatic carbocycles. The first kappa shape index (κ1) is 22.2. The number of carbonyl (C=O) groups excluding carboxylic acids is 2. The number of imide groups is 1. The largest absolute Gasteiger partial charge is 0.308 e. The first-order valence-electron chi connectivity index (χ1n) is 9.24. The van der Waals surface area contributed by atoms with Crippen molar-refractivity contribution >= 4 is 39.0 Å². The van der Waals surface area contributed by atoms with E-state index in [0.717, 1.165) is 28.5 Å². The highest BCUT2D eigenvalue weighted by atomic mass is 32.2. The van der Waals surface area contributed by atoms with E-state index in [-0.39, 0.29) is 4.90 Å². The number of hydrogen-bond acceptors (Lipinski definition) is 6. The molecule has 1 fully saturated rings. The van der Waals surface area contributed by atoms with Crippen LogP contribution in [0.25, 0.3) is 17.2 Å². The summed E-state index contributed by atoms with van der Waals surface area (Å²) in [5.41, 5.74) is 2.42. The Morgan fingerprint density at radius 3 is 2.23 bits per heavy atom. The van der Waals surface area contributed by atoms with Crippen molar-refractivity contribution in [1.82, 2.24) is 14.5 Å². The number of nitrogens with one attached hydrogen (secondary N) is 1. The molecule has 158 valence electrons. The SMILES string of the molecule is CN(C)CCN(C)S(=O)(=O)c1ccc(-c2ccccc2/C=C2\SC(=O)NC2=O)cc1. The summed E-state index contributed by atoms with van der Waals surface area (Å²) >= 11 is 0.861. The fourth-order valence-electron chi connectivity index (χ4n) is 2.90. The zero-order valence-corrected chi connectivity index (χ0v) is 18.6. The van der Waals surface area contributed by atoms with Gasteiger partial charge in [0, 0.05) is 20.1 Å². The Morgan fingerprint density at radius 2 is 1.63 bits per heavy atom. The van der Waals surface area contributed by atoms with E-state index in [2.05, 4.69) is 5.32 Å². The zero-order valence-electron chi connectivity index (χ0n) is 17.0. The Hall–Kier alpha value is -2.46. The molecule has 1 aliphatic heterocycles. The molecule has 30 heavy (non-hydrogen) atoms. The predicted octanol–water partition coefficient (Wildman–Crippen LogP) is 2.86. The van der Waals surface area contributed by atoms with Crippen LogP contribution in [-0.4, -0.2) is 63.0 Å². The molecule has 1 aliphatic rings. The highest BCUT2D eigenvalue weighted by molar-refractivity contribution is 8.18. The Kier molecular flexibility index (Phi) is 6.77. The zero-order chi connectivity index (χ0) is 21.9. The maximum Gasteiger partial charge on any atom is 0.290 e. The molecule has 1 N–H and O–H groups in total. The van der Waals surface area contributed by atoms with Crippen LogP contribution in [0, 0.1) is 0 Å². The second-order valence-corrected chi connectivity index (χ2v) is 10.2. The van der Waals surface area contributed by atoms with Crippen LogP contribution in [0.4, 0.5) is 4.79 Å². The molecule has 7 nitrogen and oxygen atoms in total. The summed E-state index contributed by atoms with van der Waals surface area (Å²) in [5, 5.41) is 1.85. The van der Waals surface area contributed by atoms with Crippen molar-refractivity contribution < 1.29 is 18.0 Å². The maximum atomic E-state index is 12.8. The van der Waals surface area contributed by atoms with Crippen LogP contribution in [-0.2, 0) is 14.8 Å². The number of likely N-dealkylation sites (N-methyl/N-ethyl adjacent to an activating group) is 2. The molecule has 2 aromatic rings. The van der Waals surface area contributed by atoms with Crippen LogP contribution in [0.5, 0.6) is 0 Å². The van der Waals surface area contributed by atoms with Crippen LogP contribution in [0.2, 0.25) is 0 Å². The lowest BCUT2D eigenvalue weighted by molar-refractivity contribution is -0.115. The normalized spacial score (nSPS) is 16.0. The topological polar surface area (TPSA) is 86.8 Å². The molecule has 0 radical (unpaired) electrons. The molecule has 9 heteroatoms. The van der Waals surface area contributed by atoms with Crippen molar-refractivity contribution in [2.24, 2.45) is 0 Å². The molecule has 2 amide bonds. The van der Waals surface area contributed by atoms with E-state index in [1.165, 1.54) is 4.31 Å². The van der Waals surface area contributed by atoms with Gasteiger partial charge in [0.25, 0.3) is 11.1 Å². The minimum Gasteiger partial charge on any atom is -0.308 e. The van der Waals surface area contributed by atoms with Crippen LogP contribution in [0.15, 0.2) is 58.3 Å². The summed E-state index contributed by atoms with van der Waals surface area (Å²) in [4.78, 5) is 25.7. The van der Waals surface area contributed by atoms with Gasteiger partial charge in [-0.05, 0) is 60.8 Å². The third kappa shape index (κ3) is 4.99. The van der Waals surface area contributed by atoms with E-state index in [4.69, 9.17) is 0 Å². The molecule has 1 heterocycles. The van der Waals surface area contributed by atoms with Gasteiger partial charge < -0.3 is 4.90 Å². The Labute approximate surface area is 180 Å². The lowest BCUT2D eigenvalue weighted by atomic mass is 9.99. The van der Waals surface area contributed by atoms with Crippen molar-refractivity contribution in [1.29, 1.82) is 0 Å². The first-order valence-corrected chi connectivity index (χ1v) is 11.5. The highest BCUT2D eigenvalue weighted by Gasteiger charge is 2.25. The monoisotopic (exact) mass is 445 g/mol. The van der Waals surface area contributed by atoms with Gasteiger partial charge in [-0.2, -0.15) is 4.31 Å². The quantitative estimate of drug-likeness (QED) is 0.660. The molecule has 3 rings (SSSR count). The van der Waals surface area contributed by atoms with Gasteiger partial charge in [-0.3, -0.25) is 14.9 Å². The lowest BCUT2D eigenvalue weighted by Gasteiger charge is -2.19. The van der Waals surface area contributed by atoms with Gasteiger partial charge in [0.2, 0.25) is 10.0 Å². The second-order valence-electron chi connectivity index (χ2n) is 7.09. The van der Waals surface area contributed by atoms with Gasteiger partial charge in [-0.15, -0.1) is 0 Å². The maximum absolute atomic E-state index is 12.8. The predicted molar refractivity (Wildman–Crippen MR) is 119 cm³/mol. The van der Waals surface area contributed by atoms with Crippen molar-refractivity contribution in [3.05, 3.63) is 59.0 Å². The standard InChI is InChI=1S/C21H23N3O4S2/c1-23(2)12-13-24(3)30(27,28)17-10-8-15(9-11-17)18-7-5-4-6-16(18)14-19-20(25)22-21(26)29-19/h4-11,14H,12-13H2,1-3H3,(H,22,25,26)/b19-14-. The van der Waals surface area contributed by atoms with E-state index in [1.807, 2.05) is 43.3 Å². The third-order valence-corrected chi connectivity index (χ3v) is 7.31. The van der Waals surface area contributed by atoms with Gasteiger partial charge in [-0.25, -0.2) is 8.42 Å². The molecule has 2 aromatic carbocycles. The average molecular weight is 446 g/mol. The molecule has 0 saturated carbocycles. The number of benzene rings is 2. The summed E-state index contributed by atoms with van der Waals surface area (Å²) in [5.74, 6) is -0.415. The molecular weight excluding hydrogens is 422 g/mol. The van der Waals surface area contributed by atoms with Gasteiger partial charge in [0.15, 0.2) is 0 Å². The van der Waals surface area contributed by atoms with Crippen LogP contribution >= 0.6 is 11.8 Å². The molecule has 1 saturated heterocycles. The summed E-state index contributed by atoms with van der Waals surface area (Å²) in [7, 11) is 1.78. The number of rotatable bonds is 7. The smallest absolute Gasteiger partial charge is 0.290 e. The van der Waals surface area contributed by atoms with Crippen molar-refractivity contribution in [2.45, 2.75) is 4.90 Å². The number of sulfonamides is 1. The van der Waals surface area contributed by atoms with Crippen LogP contribution in [0.1, 0.15) is 5.56 Å². The molecule has 0 bridgehead atoms. The summed E-state index contributed by atoms with van der Waals surface area (Å²) in [6.07, 6.45) is 1.67. The van der Waals surface area contributed by atoms with E-state index in [1.54, 1.807) is 37.4 Å². The lowest BCUT2D eigenvalue weighted by Crippen LogP contribution is -2.33. The van der Waals surface area contributed by atoms with E-state index in [0.29, 0.717) is 18.0 Å². The Bertz CT molecular complexity index is 1090.